The number of fused-ring (bicyclic) bond motifs is 5. The lowest BCUT2D eigenvalue weighted by Crippen LogP contribution is -2.63. The van der Waals surface area contributed by atoms with Gasteiger partial charge in [-0.05, 0) is 38.3 Å². The van der Waals surface area contributed by atoms with Crippen molar-refractivity contribution in [1.82, 2.24) is 0 Å². The highest BCUT2D eigenvalue weighted by Crippen LogP contribution is 2.76. The maximum atomic E-state index is 13.0. The van der Waals surface area contributed by atoms with Crippen molar-refractivity contribution in [2.75, 3.05) is 6.61 Å². The molecule has 8 atom stereocenters. The molecule has 0 bridgehead atoms. The maximum Gasteiger partial charge on any atom is 0.333 e. The Hall–Kier alpha value is -2.25. The van der Waals surface area contributed by atoms with E-state index in [0.29, 0.717) is 23.1 Å². The fourth-order valence-corrected chi connectivity index (χ4v) is 7.32. The van der Waals surface area contributed by atoms with Crippen LogP contribution in [0.2, 0.25) is 0 Å². The van der Waals surface area contributed by atoms with Gasteiger partial charge in [-0.15, -0.1) is 0 Å². The van der Waals surface area contributed by atoms with Gasteiger partial charge < -0.3 is 19.7 Å². The van der Waals surface area contributed by atoms with Crippen LogP contribution in [-0.4, -0.2) is 51.8 Å². The Morgan fingerprint density at radius 1 is 1.21 bits per heavy atom. The molecule has 186 valence electrons. The third kappa shape index (κ3) is 3.05. The molecule has 2 fully saturated rings. The molecule has 0 aromatic carbocycles. The maximum absolute atomic E-state index is 13.0. The molecule has 4 rings (SSSR count). The highest BCUT2D eigenvalue weighted by Gasteiger charge is 2.87. The lowest BCUT2D eigenvalue weighted by molar-refractivity contribution is -0.218. The Bertz CT molecular complexity index is 1030. The Morgan fingerprint density at radius 2 is 1.85 bits per heavy atom. The van der Waals surface area contributed by atoms with E-state index in [4.69, 9.17) is 9.47 Å². The van der Waals surface area contributed by atoms with Crippen molar-refractivity contribution in [1.29, 1.82) is 0 Å². The average molecular weight is 473 g/mol. The van der Waals surface area contributed by atoms with Crippen molar-refractivity contribution in [2.45, 2.75) is 72.2 Å². The summed E-state index contributed by atoms with van der Waals surface area (Å²) in [5, 5.41) is 22.6. The number of aliphatic hydroxyl groups is 2. The predicted octanol–water partition coefficient (Wildman–Crippen LogP) is 2.90. The summed E-state index contributed by atoms with van der Waals surface area (Å²) in [5.41, 5.74) is -1.47. The molecule has 0 aliphatic heterocycles. The number of carbonyl (C=O) groups excluding carboxylic acids is 3. The number of ketones is 1. The molecule has 0 aromatic heterocycles. The van der Waals surface area contributed by atoms with Crippen LogP contribution >= 0.6 is 0 Å². The van der Waals surface area contributed by atoms with Gasteiger partial charge in [0.2, 0.25) is 0 Å². The molecule has 0 saturated heterocycles. The number of Topliss-reactive ketones (excluding diaryl/α,β-unsaturated/α-hetero) is 1. The third-order valence-corrected chi connectivity index (χ3v) is 9.19. The first-order chi connectivity index (χ1) is 15.8. The van der Waals surface area contributed by atoms with E-state index >= 15 is 0 Å². The second kappa shape index (κ2) is 7.89. The van der Waals surface area contributed by atoms with E-state index in [1.807, 2.05) is 32.9 Å². The zero-order chi connectivity index (χ0) is 25.4. The van der Waals surface area contributed by atoms with Crippen LogP contribution in [0.5, 0.6) is 0 Å². The fraction of sp³-hybridized carbons (Fsp3) is 0.667. The first-order valence-corrected chi connectivity index (χ1v) is 12.1. The van der Waals surface area contributed by atoms with Crippen molar-refractivity contribution in [3.63, 3.8) is 0 Å². The minimum atomic E-state index is -1.44. The fourth-order valence-electron chi connectivity index (χ4n) is 7.32. The monoisotopic (exact) mass is 472 g/mol. The van der Waals surface area contributed by atoms with Crippen LogP contribution in [0.3, 0.4) is 0 Å². The van der Waals surface area contributed by atoms with Gasteiger partial charge in [-0.1, -0.05) is 39.0 Å². The van der Waals surface area contributed by atoms with Gasteiger partial charge in [0.25, 0.3) is 0 Å². The number of hydrogen-bond donors (Lipinski definition) is 2. The summed E-state index contributed by atoms with van der Waals surface area (Å²) in [6.07, 6.45) is 4.83. The minimum Gasteiger partial charge on any atom is -0.454 e. The lowest BCUT2D eigenvalue weighted by Gasteiger charge is -2.52. The Kier molecular flexibility index (Phi) is 5.77. The minimum absolute atomic E-state index is 0.0317. The summed E-state index contributed by atoms with van der Waals surface area (Å²) in [6.45, 7) is 12.0. The summed E-state index contributed by atoms with van der Waals surface area (Å²) >= 11 is 0. The number of carbonyl (C=O) groups is 3. The second-order valence-corrected chi connectivity index (χ2v) is 11.1. The molecular weight excluding hydrogens is 436 g/mol. The second-order valence-electron chi connectivity index (χ2n) is 11.1. The molecule has 0 radical (unpaired) electrons. The largest absolute Gasteiger partial charge is 0.454 e. The van der Waals surface area contributed by atoms with Crippen LogP contribution in [-0.2, 0) is 23.9 Å². The highest BCUT2D eigenvalue weighted by molar-refractivity contribution is 6.00. The number of aliphatic hydroxyl groups excluding tert-OH is 1. The van der Waals surface area contributed by atoms with Crippen LogP contribution in [0.25, 0.3) is 0 Å². The molecule has 2 N–H and O–H groups in total. The van der Waals surface area contributed by atoms with Crippen LogP contribution in [0, 0.1) is 35.0 Å². The van der Waals surface area contributed by atoms with E-state index < -0.39 is 58.3 Å². The molecule has 2 saturated carbocycles. The van der Waals surface area contributed by atoms with E-state index in [0.717, 1.165) is 0 Å². The molecule has 0 heterocycles. The van der Waals surface area contributed by atoms with Crippen molar-refractivity contribution < 1.29 is 34.1 Å². The molecular formula is C27H36O7. The van der Waals surface area contributed by atoms with Gasteiger partial charge in [0.1, 0.15) is 6.10 Å². The van der Waals surface area contributed by atoms with E-state index in [2.05, 4.69) is 0 Å². The van der Waals surface area contributed by atoms with Gasteiger partial charge in [-0.2, -0.15) is 0 Å². The molecule has 0 aromatic rings. The molecule has 34 heavy (non-hydrogen) atoms. The summed E-state index contributed by atoms with van der Waals surface area (Å²) in [6, 6.07) is 0. The van der Waals surface area contributed by atoms with Crippen molar-refractivity contribution in [3.8, 4) is 0 Å². The predicted molar refractivity (Wildman–Crippen MR) is 124 cm³/mol. The Balaban J connectivity index is 1.92. The lowest BCUT2D eigenvalue weighted by atomic mass is 9.60. The van der Waals surface area contributed by atoms with Gasteiger partial charge in [0, 0.05) is 47.5 Å². The van der Waals surface area contributed by atoms with E-state index in [-0.39, 0.29) is 18.3 Å². The first-order valence-electron chi connectivity index (χ1n) is 12.1. The number of hydrogen-bond acceptors (Lipinski definition) is 7. The van der Waals surface area contributed by atoms with E-state index in [9.17, 15) is 24.6 Å². The molecule has 7 heteroatoms. The number of allylic oxidation sites excluding steroid dienone is 2. The normalized spacial score (nSPS) is 42.4. The zero-order valence-electron chi connectivity index (χ0n) is 21.0. The van der Waals surface area contributed by atoms with Gasteiger partial charge >= 0.3 is 11.9 Å². The van der Waals surface area contributed by atoms with Crippen LogP contribution in [0.4, 0.5) is 0 Å². The topological polar surface area (TPSA) is 110 Å². The molecule has 0 amide bonds. The quantitative estimate of drug-likeness (QED) is 0.368. The van der Waals surface area contributed by atoms with Gasteiger partial charge in [0.05, 0.1) is 12.2 Å². The molecule has 0 unspecified atom stereocenters. The SMILES string of the molecule is CC=C(C)C(=O)O[C@@H]1[C@@H](C)[C@]2(O)[C@@H]3C=C(C)C(=O)[C@@H]3CC(CO)=C[C@H]2[C@@H]2C(C)(C)[C@]12OC(C)=O. The van der Waals surface area contributed by atoms with Crippen molar-refractivity contribution in [2.24, 2.45) is 35.0 Å². The van der Waals surface area contributed by atoms with Crippen LogP contribution < -0.4 is 0 Å². The van der Waals surface area contributed by atoms with E-state index in [1.54, 1.807) is 26.8 Å². The van der Waals surface area contributed by atoms with Crippen LogP contribution in [0.15, 0.2) is 34.9 Å². The highest BCUT2D eigenvalue weighted by atomic mass is 16.6. The third-order valence-electron chi connectivity index (χ3n) is 9.19. The Labute approximate surface area is 200 Å². The van der Waals surface area contributed by atoms with Crippen molar-refractivity contribution >= 4 is 17.7 Å². The molecule has 4 aliphatic carbocycles. The summed E-state index contributed by atoms with van der Waals surface area (Å²) in [5.74, 6) is -3.55. The first kappa shape index (κ1) is 24.9. The zero-order valence-corrected chi connectivity index (χ0v) is 21.0. The summed E-state index contributed by atoms with van der Waals surface area (Å²) in [7, 11) is 0. The molecule has 0 spiro atoms. The number of esters is 2. The van der Waals surface area contributed by atoms with Gasteiger partial charge in [0.15, 0.2) is 11.4 Å². The summed E-state index contributed by atoms with van der Waals surface area (Å²) in [4.78, 5) is 38.3. The Morgan fingerprint density at radius 3 is 2.41 bits per heavy atom. The van der Waals surface area contributed by atoms with Crippen molar-refractivity contribution in [3.05, 3.63) is 34.9 Å². The average Bonchev–Trinajstić information content (AvgIpc) is 3.16. The standard InChI is InChI=1S/C27H36O7/c1-8-13(2)24(31)33-23-15(4)26(32)19-9-14(3)21(30)18(19)10-17(12-28)11-20(26)22-25(6,7)27(22,23)34-16(5)29/h8-9,11,15,18-20,22-23,28,32H,10,12H2,1-7H3/t15-,18-,19-,20+,22-,23-,26+,27-/m1/s1. The summed E-state index contributed by atoms with van der Waals surface area (Å²) < 4.78 is 12.0. The number of rotatable bonds is 4. The van der Waals surface area contributed by atoms with Gasteiger partial charge in [-0.3, -0.25) is 9.59 Å². The van der Waals surface area contributed by atoms with Crippen LogP contribution in [0.1, 0.15) is 54.9 Å². The smallest absolute Gasteiger partial charge is 0.333 e. The van der Waals surface area contributed by atoms with E-state index in [1.165, 1.54) is 6.92 Å². The molecule has 7 nitrogen and oxygen atoms in total. The molecule has 4 aliphatic rings. The number of ether oxygens (including phenoxy) is 2. The van der Waals surface area contributed by atoms with Gasteiger partial charge in [-0.25, -0.2) is 4.79 Å².